The van der Waals surface area contributed by atoms with Crippen LogP contribution in [0.4, 0.5) is 0 Å². The number of ether oxygens (including phenoxy) is 1. The molecule has 0 aromatic carbocycles. The van der Waals surface area contributed by atoms with Gasteiger partial charge >= 0.3 is 5.97 Å². The fourth-order valence-electron chi connectivity index (χ4n) is 3.12. The molecule has 0 radical (unpaired) electrons. The Kier molecular flexibility index (Phi) is 4.84. The van der Waals surface area contributed by atoms with Crippen molar-refractivity contribution < 1.29 is 17.9 Å². The number of carbonyl (C=O) groups is 1. The molecule has 0 aromatic heterocycles. The highest BCUT2D eigenvalue weighted by molar-refractivity contribution is 7.91. The molecule has 2 heterocycles. The number of likely N-dealkylation sites (tertiary alicyclic amines) is 1. The molecular weight excluding hydrogens is 266 g/mol. The molecule has 0 saturated carbocycles. The van der Waals surface area contributed by atoms with Gasteiger partial charge in [0.2, 0.25) is 0 Å². The summed E-state index contributed by atoms with van der Waals surface area (Å²) in [6.45, 7) is 2.80. The highest BCUT2D eigenvalue weighted by atomic mass is 32.2. The SMILES string of the molecule is COC(=O)C(CN1CCCC1)C1CCS(=O)(=O)CC1. The fraction of sp³-hybridized carbons (Fsp3) is 0.923. The molecule has 1 atom stereocenters. The maximum atomic E-state index is 12.0. The van der Waals surface area contributed by atoms with Crippen LogP contribution in [-0.2, 0) is 19.4 Å². The highest BCUT2D eigenvalue weighted by Gasteiger charge is 2.35. The van der Waals surface area contributed by atoms with Gasteiger partial charge in [0.1, 0.15) is 9.84 Å². The van der Waals surface area contributed by atoms with Crippen molar-refractivity contribution in [2.24, 2.45) is 11.8 Å². The van der Waals surface area contributed by atoms with Crippen LogP contribution < -0.4 is 0 Å². The second-order valence-corrected chi connectivity index (χ2v) is 7.93. The molecule has 0 spiro atoms. The molecule has 5 nitrogen and oxygen atoms in total. The van der Waals surface area contributed by atoms with Gasteiger partial charge in [-0.1, -0.05) is 0 Å². The summed E-state index contributed by atoms with van der Waals surface area (Å²) in [5.74, 6) is 0.224. The number of esters is 1. The molecule has 0 bridgehead atoms. The van der Waals surface area contributed by atoms with Crippen LogP contribution in [0.1, 0.15) is 25.7 Å². The monoisotopic (exact) mass is 289 g/mol. The van der Waals surface area contributed by atoms with E-state index < -0.39 is 9.84 Å². The molecular formula is C13H23NO4S. The van der Waals surface area contributed by atoms with Crippen molar-refractivity contribution in [1.82, 2.24) is 4.90 Å². The summed E-state index contributed by atoms with van der Waals surface area (Å²) in [6.07, 6.45) is 3.56. The predicted octanol–water partition coefficient (Wildman–Crippen LogP) is 0.696. The van der Waals surface area contributed by atoms with Gasteiger partial charge in [0.15, 0.2) is 0 Å². The average Bonchev–Trinajstić information content (AvgIpc) is 2.88. The Morgan fingerprint density at radius 2 is 1.84 bits per heavy atom. The first kappa shape index (κ1) is 14.8. The minimum absolute atomic E-state index is 0.150. The van der Waals surface area contributed by atoms with E-state index in [2.05, 4.69) is 4.90 Å². The molecule has 110 valence electrons. The van der Waals surface area contributed by atoms with E-state index in [1.807, 2.05) is 0 Å². The summed E-state index contributed by atoms with van der Waals surface area (Å²) in [5.41, 5.74) is 0. The molecule has 2 rings (SSSR count). The number of rotatable bonds is 4. The van der Waals surface area contributed by atoms with Gasteiger partial charge in [0.25, 0.3) is 0 Å². The van der Waals surface area contributed by atoms with E-state index in [1.165, 1.54) is 20.0 Å². The molecule has 0 aromatic rings. The van der Waals surface area contributed by atoms with Gasteiger partial charge in [-0.05, 0) is 44.7 Å². The van der Waals surface area contributed by atoms with Gasteiger partial charge in [-0.2, -0.15) is 0 Å². The number of methoxy groups -OCH3 is 1. The Morgan fingerprint density at radius 1 is 1.26 bits per heavy atom. The molecule has 0 amide bonds. The van der Waals surface area contributed by atoms with E-state index in [0.29, 0.717) is 12.8 Å². The van der Waals surface area contributed by atoms with Crippen molar-refractivity contribution in [2.45, 2.75) is 25.7 Å². The van der Waals surface area contributed by atoms with Crippen LogP contribution in [0, 0.1) is 11.8 Å². The highest BCUT2D eigenvalue weighted by Crippen LogP contribution is 2.28. The molecule has 2 fully saturated rings. The first-order valence-corrected chi connectivity index (χ1v) is 8.84. The lowest BCUT2D eigenvalue weighted by Crippen LogP contribution is -2.39. The summed E-state index contributed by atoms with van der Waals surface area (Å²) in [7, 11) is -1.46. The number of hydrogen-bond donors (Lipinski definition) is 0. The van der Waals surface area contributed by atoms with Gasteiger partial charge < -0.3 is 9.64 Å². The van der Waals surface area contributed by atoms with Crippen LogP contribution in [0.15, 0.2) is 0 Å². The van der Waals surface area contributed by atoms with Gasteiger partial charge in [-0.3, -0.25) is 4.79 Å². The van der Waals surface area contributed by atoms with Crippen LogP contribution in [0.25, 0.3) is 0 Å². The van der Waals surface area contributed by atoms with Crippen LogP contribution in [0.2, 0.25) is 0 Å². The van der Waals surface area contributed by atoms with Gasteiger partial charge in [0, 0.05) is 6.54 Å². The predicted molar refractivity (Wildman–Crippen MR) is 72.6 cm³/mol. The van der Waals surface area contributed by atoms with Crippen molar-refractivity contribution in [1.29, 1.82) is 0 Å². The third kappa shape index (κ3) is 3.92. The summed E-state index contributed by atoms with van der Waals surface area (Å²) in [6, 6.07) is 0. The van der Waals surface area contributed by atoms with Crippen LogP contribution >= 0.6 is 0 Å². The van der Waals surface area contributed by atoms with Crippen molar-refractivity contribution in [3.05, 3.63) is 0 Å². The van der Waals surface area contributed by atoms with Gasteiger partial charge in [-0.25, -0.2) is 8.42 Å². The second-order valence-electron chi connectivity index (χ2n) is 5.63. The van der Waals surface area contributed by atoms with E-state index in [-0.39, 0.29) is 29.3 Å². The normalized spacial score (nSPS) is 26.2. The lowest BCUT2D eigenvalue weighted by atomic mass is 9.87. The third-order valence-corrected chi connectivity index (χ3v) is 6.04. The lowest BCUT2D eigenvalue weighted by Gasteiger charge is -2.31. The van der Waals surface area contributed by atoms with E-state index >= 15 is 0 Å². The lowest BCUT2D eigenvalue weighted by molar-refractivity contribution is -0.148. The summed E-state index contributed by atoms with van der Waals surface area (Å²) in [5, 5.41) is 0. The maximum Gasteiger partial charge on any atom is 0.310 e. The molecule has 0 aliphatic carbocycles. The zero-order valence-corrected chi connectivity index (χ0v) is 12.3. The van der Waals surface area contributed by atoms with Crippen molar-refractivity contribution in [3.63, 3.8) is 0 Å². The molecule has 6 heteroatoms. The number of nitrogens with zero attached hydrogens (tertiary/aromatic N) is 1. The summed E-state index contributed by atoms with van der Waals surface area (Å²) in [4.78, 5) is 14.3. The topological polar surface area (TPSA) is 63.7 Å². The Hall–Kier alpha value is -0.620. The van der Waals surface area contributed by atoms with E-state index in [4.69, 9.17) is 4.74 Å². The fourth-order valence-corrected chi connectivity index (χ4v) is 4.65. The quantitative estimate of drug-likeness (QED) is 0.713. The van der Waals surface area contributed by atoms with Crippen molar-refractivity contribution in [3.8, 4) is 0 Å². The second kappa shape index (κ2) is 6.22. The van der Waals surface area contributed by atoms with E-state index in [0.717, 1.165) is 19.6 Å². The zero-order chi connectivity index (χ0) is 13.9. The Morgan fingerprint density at radius 3 is 2.37 bits per heavy atom. The maximum absolute atomic E-state index is 12.0. The van der Waals surface area contributed by atoms with Crippen LogP contribution in [0.3, 0.4) is 0 Å². The minimum Gasteiger partial charge on any atom is -0.469 e. The standard InChI is InChI=1S/C13H23NO4S/c1-18-13(15)12(10-14-6-2-3-7-14)11-4-8-19(16,17)9-5-11/h11-12H,2-10H2,1H3. The molecule has 1 unspecified atom stereocenters. The first-order valence-electron chi connectivity index (χ1n) is 7.02. The molecule has 2 aliphatic heterocycles. The number of hydrogen-bond acceptors (Lipinski definition) is 5. The van der Waals surface area contributed by atoms with E-state index in [9.17, 15) is 13.2 Å². The summed E-state index contributed by atoms with van der Waals surface area (Å²) >= 11 is 0. The largest absolute Gasteiger partial charge is 0.469 e. The van der Waals surface area contributed by atoms with E-state index in [1.54, 1.807) is 0 Å². The van der Waals surface area contributed by atoms with Gasteiger partial charge in [0.05, 0.1) is 24.5 Å². The average molecular weight is 289 g/mol. The summed E-state index contributed by atoms with van der Waals surface area (Å²) < 4.78 is 27.9. The molecule has 0 N–H and O–H groups in total. The zero-order valence-electron chi connectivity index (χ0n) is 11.5. The smallest absolute Gasteiger partial charge is 0.310 e. The number of carbonyl (C=O) groups excluding carboxylic acids is 1. The third-order valence-electron chi connectivity index (χ3n) is 4.33. The Labute approximate surface area is 115 Å². The first-order chi connectivity index (χ1) is 9.02. The van der Waals surface area contributed by atoms with Crippen LogP contribution in [0.5, 0.6) is 0 Å². The van der Waals surface area contributed by atoms with Crippen molar-refractivity contribution in [2.75, 3.05) is 38.2 Å². The van der Waals surface area contributed by atoms with Gasteiger partial charge in [-0.15, -0.1) is 0 Å². The van der Waals surface area contributed by atoms with Crippen LogP contribution in [-0.4, -0.2) is 57.5 Å². The Balaban J connectivity index is 1.99. The molecule has 2 aliphatic rings. The number of sulfone groups is 1. The molecule has 19 heavy (non-hydrogen) atoms. The minimum atomic E-state index is -2.87. The van der Waals surface area contributed by atoms with Crippen molar-refractivity contribution >= 4 is 15.8 Å². The Bertz CT molecular complexity index is 400. The molecule has 2 saturated heterocycles.